The van der Waals surface area contributed by atoms with Crippen molar-refractivity contribution >= 4 is 18.3 Å². The standard InChI is InChI=1S/C16H22N2O2.ClH/c19-15(6-11-20-14-4-2-1-3-5-14)18-10-8-16(13-18)7-9-17-12-16;/h1-5,17H,6-13H2;1H. The van der Waals surface area contributed by atoms with Gasteiger partial charge in [0, 0.05) is 25.0 Å². The summed E-state index contributed by atoms with van der Waals surface area (Å²) in [5.74, 6) is 1.06. The van der Waals surface area contributed by atoms with Crippen LogP contribution in [0.25, 0.3) is 0 Å². The van der Waals surface area contributed by atoms with Crippen molar-refractivity contribution in [2.75, 3.05) is 32.8 Å². The maximum Gasteiger partial charge on any atom is 0.226 e. The van der Waals surface area contributed by atoms with Crippen LogP contribution in [-0.2, 0) is 4.79 Å². The van der Waals surface area contributed by atoms with Gasteiger partial charge in [0.2, 0.25) is 5.91 Å². The molecule has 4 nitrogen and oxygen atoms in total. The number of carbonyl (C=O) groups is 1. The predicted octanol–water partition coefficient (Wildman–Crippen LogP) is 2.09. The van der Waals surface area contributed by atoms with E-state index in [1.807, 2.05) is 35.2 Å². The number of hydrogen-bond acceptors (Lipinski definition) is 3. The van der Waals surface area contributed by atoms with Crippen LogP contribution >= 0.6 is 12.4 Å². The van der Waals surface area contributed by atoms with Gasteiger partial charge in [0.15, 0.2) is 0 Å². The zero-order valence-corrected chi connectivity index (χ0v) is 13.0. The van der Waals surface area contributed by atoms with Gasteiger partial charge in [-0.15, -0.1) is 12.4 Å². The van der Waals surface area contributed by atoms with Crippen LogP contribution in [0.2, 0.25) is 0 Å². The molecule has 2 heterocycles. The SMILES string of the molecule is Cl.O=C(CCOc1ccccc1)N1CCC2(CCNC2)C1. The quantitative estimate of drug-likeness (QED) is 0.926. The smallest absolute Gasteiger partial charge is 0.226 e. The lowest BCUT2D eigenvalue weighted by Gasteiger charge is -2.22. The van der Waals surface area contributed by atoms with Crippen molar-refractivity contribution in [1.29, 1.82) is 0 Å². The second kappa shape index (κ2) is 7.14. The zero-order chi connectivity index (χ0) is 13.8. The lowest BCUT2D eigenvalue weighted by molar-refractivity contribution is -0.131. The molecule has 3 rings (SSSR count). The highest BCUT2D eigenvalue weighted by Gasteiger charge is 2.41. The van der Waals surface area contributed by atoms with Crippen molar-refractivity contribution in [1.82, 2.24) is 10.2 Å². The van der Waals surface area contributed by atoms with Gasteiger partial charge in [0.25, 0.3) is 0 Å². The van der Waals surface area contributed by atoms with Gasteiger partial charge in [-0.25, -0.2) is 0 Å². The molecule has 1 unspecified atom stereocenters. The highest BCUT2D eigenvalue weighted by molar-refractivity contribution is 5.85. The molecule has 1 spiro atoms. The van der Waals surface area contributed by atoms with Gasteiger partial charge < -0.3 is 15.0 Å². The summed E-state index contributed by atoms with van der Waals surface area (Å²) >= 11 is 0. The molecule has 0 aromatic heterocycles. The number of halogens is 1. The molecule has 0 bridgehead atoms. The first-order chi connectivity index (χ1) is 9.77. The first-order valence-corrected chi connectivity index (χ1v) is 7.44. The third kappa shape index (κ3) is 3.89. The summed E-state index contributed by atoms with van der Waals surface area (Å²) < 4.78 is 5.59. The van der Waals surface area contributed by atoms with E-state index >= 15 is 0 Å². The highest BCUT2D eigenvalue weighted by atomic mass is 35.5. The fourth-order valence-electron chi connectivity index (χ4n) is 3.22. The van der Waals surface area contributed by atoms with Crippen LogP contribution in [0.3, 0.4) is 0 Å². The Balaban J connectivity index is 0.00000161. The van der Waals surface area contributed by atoms with E-state index in [1.165, 1.54) is 6.42 Å². The van der Waals surface area contributed by atoms with E-state index in [4.69, 9.17) is 4.74 Å². The Bertz CT molecular complexity index is 461. The highest BCUT2D eigenvalue weighted by Crippen LogP contribution is 2.36. The summed E-state index contributed by atoms with van der Waals surface area (Å²) in [5.41, 5.74) is 0.357. The van der Waals surface area contributed by atoms with E-state index in [2.05, 4.69) is 5.32 Å². The number of hydrogen-bond donors (Lipinski definition) is 1. The second-order valence-electron chi connectivity index (χ2n) is 5.90. The number of likely N-dealkylation sites (tertiary alicyclic amines) is 1. The van der Waals surface area contributed by atoms with Crippen LogP contribution in [0.4, 0.5) is 0 Å². The molecule has 0 saturated carbocycles. The molecule has 21 heavy (non-hydrogen) atoms. The van der Waals surface area contributed by atoms with Crippen molar-refractivity contribution in [2.45, 2.75) is 19.3 Å². The Morgan fingerprint density at radius 3 is 2.81 bits per heavy atom. The van der Waals surface area contributed by atoms with Gasteiger partial charge in [-0.2, -0.15) is 0 Å². The average Bonchev–Trinajstić information content (AvgIpc) is 3.11. The van der Waals surface area contributed by atoms with Gasteiger partial charge >= 0.3 is 0 Å². The van der Waals surface area contributed by atoms with E-state index in [0.29, 0.717) is 18.4 Å². The largest absolute Gasteiger partial charge is 0.493 e. The summed E-state index contributed by atoms with van der Waals surface area (Å²) in [5, 5.41) is 3.42. The number of carbonyl (C=O) groups excluding carboxylic acids is 1. The topological polar surface area (TPSA) is 41.6 Å². The van der Waals surface area contributed by atoms with E-state index < -0.39 is 0 Å². The Morgan fingerprint density at radius 2 is 2.10 bits per heavy atom. The van der Waals surface area contributed by atoms with E-state index in [0.717, 1.165) is 38.3 Å². The summed E-state index contributed by atoms with van der Waals surface area (Å²) in [6.45, 7) is 4.46. The fraction of sp³-hybridized carbons (Fsp3) is 0.562. The molecule has 2 aliphatic heterocycles. The molecular weight excluding hydrogens is 288 g/mol. The van der Waals surface area contributed by atoms with Crippen LogP contribution in [-0.4, -0.2) is 43.6 Å². The van der Waals surface area contributed by atoms with Crippen molar-refractivity contribution in [3.63, 3.8) is 0 Å². The molecule has 1 N–H and O–H groups in total. The molecule has 1 amide bonds. The van der Waals surface area contributed by atoms with Crippen LogP contribution in [0.15, 0.2) is 30.3 Å². The average molecular weight is 311 g/mol. The maximum absolute atomic E-state index is 12.2. The van der Waals surface area contributed by atoms with Crippen molar-refractivity contribution in [3.8, 4) is 5.75 Å². The van der Waals surface area contributed by atoms with Crippen LogP contribution < -0.4 is 10.1 Å². The van der Waals surface area contributed by atoms with E-state index in [9.17, 15) is 4.79 Å². The molecule has 116 valence electrons. The molecule has 2 fully saturated rings. The zero-order valence-electron chi connectivity index (χ0n) is 12.2. The third-order valence-electron chi connectivity index (χ3n) is 4.45. The molecule has 1 aromatic rings. The minimum atomic E-state index is 0. The number of nitrogens with zero attached hydrogens (tertiary/aromatic N) is 1. The number of para-hydroxylation sites is 1. The lowest BCUT2D eigenvalue weighted by Crippen LogP contribution is -2.33. The Labute approximate surface area is 132 Å². The monoisotopic (exact) mass is 310 g/mol. The van der Waals surface area contributed by atoms with Crippen molar-refractivity contribution < 1.29 is 9.53 Å². The normalized spacial score (nSPS) is 24.1. The van der Waals surface area contributed by atoms with Crippen LogP contribution in [0, 0.1) is 5.41 Å². The summed E-state index contributed by atoms with van der Waals surface area (Å²) in [6, 6.07) is 9.67. The first kappa shape index (κ1) is 16.1. The number of benzene rings is 1. The summed E-state index contributed by atoms with van der Waals surface area (Å²) in [6.07, 6.45) is 2.82. The molecule has 2 aliphatic rings. The predicted molar refractivity (Wildman–Crippen MR) is 84.9 cm³/mol. The lowest BCUT2D eigenvalue weighted by atomic mass is 9.87. The Morgan fingerprint density at radius 1 is 1.29 bits per heavy atom. The Hall–Kier alpha value is -1.26. The number of nitrogens with one attached hydrogen (secondary N) is 1. The molecule has 0 aliphatic carbocycles. The second-order valence-corrected chi connectivity index (χ2v) is 5.90. The van der Waals surface area contributed by atoms with Gasteiger partial charge in [-0.05, 0) is 31.5 Å². The van der Waals surface area contributed by atoms with Gasteiger partial charge in [-0.1, -0.05) is 18.2 Å². The van der Waals surface area contributed by atoms with Crippen molar-refractivity contribution in [2.24, 2.45) is 5.41 Å². The molecule has 5 heteroatoms. The van der Waals surface area contributed by atoms with Crippen LogP contribution in [0.1, 0.15) is 19.3 Å². The molecule has 2 saturated heterocycles. The number of amides is 1. The van der Waals surface area contributed by atoms with E-state index in [1.54, 1.807) is 0 Å². The molecule has 0 radical (unpaired) electrons. The number of rotatable bonds is 4. The van der Waals surface area contributed by atoms with Crippen LogP contribution in [0.5, 0.6) is 5.75 Å². The van der Waals surface area contributed by atoms with Gasteiger partial charge in [0.05, 0.1) is 13.0 Å². The summed E-state index contributed by atoms with van der Waals surface area (Å²) in [4.78, 5) is 14.2. The fourth-order valence-corrected chi connectivity index (χ4v) is 3.22. The first-order valence-electron chi connectivity index (χ1n) is 7.44. The van der Waals surface area contributed by atoms with Gasteiger partial charge in [0.1, 0.15) is 5.75 Å². The van der Waals surface area contributed by atoms with Crippen molar-refractivity contribution in [3.05, 3.63) is 30.3 Å². The maximum atomic E-state index is 12.2. The third-order valence-corrected chi connectivity index (χ3v) is 4.45. The van der Waals surface area contributed by atoms with Gasteiger partial charge in [-0.3, -0.25) is 4.79 Å². The molecular formula is C16H23ClN2O2. The molecule has 1 aromatic carbocycles. The molecule has 1 atom stereocenters. The van der Waals surface area contributed by atoms with E-state index in [-0.39, 0.29) is 18.3 Å². The Kier molecular flexibility index (Phi) is 5.48. The summed E-state index contributed by atoms with van der Waals surface area (Å²) in [7, 11) is 0. The minimum Gasteiger partial charge on any atom is -0.493 e. The number of ether oxygens (including phenoxy) is 1. The minimum absolute atomic E-state index is 0.